The van der Waals surface area contributed by atoms with Crippen LogP contribution in [0.4, 0.5) is 0 Å². The Morgan fingerprint density at radius 3 is 2.57 bits per heavy atom. The first kappa shape index (κ1) is 12.9. The molecule has 78 valence electrons. The maximum absolute atomic E-state index is 9.89. The molecule has 0 radical (unpaired) electrons. The fraction of sp³-hybridized carbons (Fsp3) is 0.538. The molecule has 0 aliphatic rings. The molecule has 0 saturated heterocycles. The van der Waals surface area contributed by atoms with Crippen molar-refractivity contribution < 1.29 is 4.79 Å². The maximum atomic E-state index is 9.89. The molecule has 0 aromatic carbocycles. The normalized spacial score (nSPS) is 10.9. The monoisotopic (exact) mass is 192 g/mol. The average Bonchev–Trinajstić information content (AvgIpc) is 2.12. The molecule has 0 heterocycles. The minimum Gasteiger partial charge on any atom is -0.234 e. The number of hydrogen-bond acceptors (Lipinski definition) is 1. The summed E-state index contributed by atoms with van der Waals surface area (Å²) < 4.78 is 0. The second kappa shape index (κ2) is 8.52. The molecular formula is C13H20O. The highest BCUT2D eigenvalue weighted by Crippen LogP contribution is 2.11. The Morgan fingerprint density at radius 2 is 2.00 bits per heavy atom. The zero-order valence-electron chi connectivity index (χ0n) is 9.31. The van der Waals surface area contributed by atoms with Gasteiger partial charge in [0.05, 0.1) is 0 Å². The SMILES string of the molecule is C=C(C)CCC/C(C)=C/CCC=C=O. The van der Waals surface area contributed by atoms with Gasteiger partial charge in [0.1, 0.15) is 5.94 Å². The predicted octanol–water partition coefficient (Wildman–Crippen LogP) is 3.85. The molecule has 0 saturated carbocycles. The van der Waals surface area contributed by atoms with Crippen molar-refractivity contribution in [3.63, 3.8) is 0 Å². The maximum Gasteiger partial charge on any atom is 0.120 e. The summed E-state index contributed by atoms with van der Waals surface area (Å²) in [6, 6.07) is 0. The van der Waals surface area contributed by atoms with Crippen LogP contribution < -0.4 is 0 Å². The molecule has 0 bridgehead atoms. The van der Waals surface area contributed by atoms with E-state index < -0.39 is 0 Å². The summed E-state index contributed by atoms with van der Waals surface area (Å²) in [5, 5.41) is 0. The van der Waals surface area contributed by atoms with Crippen molar-refractivity contribution in [2.75, 3.05) is 0 Å². The van der Waals surface area contributed by atoms with E-state index in [-0.39, 0.29) is 0 Å². The molecule has 0 fully saturated rings. The number of rotatable bonds is 7. The largest absolute Gasteiger partial charge is 0.234 e. The Labute approximate surface area is 87.2 Å². The third-order valence-corrected chi connectivity index (χ3v) is 2.06. The summed E-state index contributed by atoms with van der Waals surface area (Å²) in [6.45, 7) is 8.08. The quantitative estimate of drug-likeness (QED) is 0.340. The second-order valence-electron chi connectivity index (χ2n) is 3.76. The van der Waals surface area contributed by atoms with Crippen LogP contribution in [0.2, 0.25) is 0 Å². The summed E-state index contributed by atoms with van der Waals surface area (Å²) in [4.78, 5) is 9.89. The number of allylic oxidation sites excluding steroid dienone is 4. The standard InChI is InChI=1S/C13H20O/c1-12(2)8-7-10-13(3)9-5-4-6-11-14/h6,9H,1,4-5,7-8,10H2,2-3H3/b13-9+. The molecule has 0 aliphatic heterocycles. The summed E-state index contributed by atoms with van der Waals surface area (Å²) in [6.07, 6.45) is 8.93. The van der Waals surface area contributed by atoms with Gasteiger partial charge in [-0.15, -0.1) is 6.58 Å². The van der Waals surface area contributed by atoms with Crippen LogP contribution in [0.25, 0.3) is 0 Å². The highest BCUT2D eigenvalue weighted by Gasteiger charge is 1.91. The molecule has 0 rings (SSSR count). The topological polar surface area (TPSA) is 17.1 Å². The number of unbranched alkanes of at least 4 members (excludes halogenated alkanes) is 1. The molecule has 1 heteroatoms. The lowest BCUT2D eigenvalue weighted by molar-refractivity contribution is 0.568. The van der Waals surface area contributed by atoms with Crippen molar-refractivity contribution in [2.24, 2.45) is 0 Å². The molecule has 0 unspecified atom stereocenters. The van der Waals surface area contributed by atoms with Gasteiger partial charge in [-0.05, 0) is 46.0 Å². The molecule has 0 amide bonds. The minimum atomic E-state index is 0.807. The van der Waals surface area contributed by atoms with Gasteiger partial charge in [0.2, 0.25) is 0 Å². The number of carbonyl (C=O) groups excluding carboxylic acids is 1. The van der Waals surface area contributed by atoms with E-state index in [4.69, 9.17) is 0 Å². The van der Waals surface area contributed by atoms with Crippen molar-refractivity contribution in [3.05, 3.63) is 29.9 Å². The van der Waals surface area contributed by atoms with Crippen LogP contribution >= 0.6 is 0 Å². The molecule has 0 N–H and O–H groups in total. The van der Waals surface area contributed by atoms with Crippen molar-refractivity contribution in [1.29, 1.82) is 0 Å². The van der Waals surface area contributed by atoms with Gasteiger partial charge in [0.25, 0.3) is 0 Å². The lowest BCUT2D eigenvalue weighted by Gasteiger charge is -2.00. The Morgan fingerprint density at radius 1 is 1.29 bits per heavy atom. The molecule has 14 heavy (non-hydrogen) atoms. The van der Waals surface area contributed by atoms with E-state index >= 15 is 0 Å². The van der Waals surface area contributed by atoms with Gasteiger partial charge in [0.15, 0.2) is 0 Å². The van der Waals surface area contributed by atoms with Crippen molar-refractivity contribution in [1.82, 2.24) is 0 Å². The second-order valence-corrected chi connectivity index (χ2v) is 3.76. The third kappa shape index (κ3) is 9.02. The van der Waals surface area contributed by atoms with Crippen molar-refractivity contribution >= 4 is 5.94 Å². The summed E-state index contributed by atoms with van der Waals surface area (Å²) in [7, 11) is 0. The van der Waals surface area contributed by atoms with Gasteiger partial charge in [-0.2, -0.15) is 0 Å². The van der Waals surface area contributed by atoms with E-state index in [9.17, 15) is 4.79 Å². The first-order valence-electron chi connectivity index (χ1n) is 5.16. The Balaban J connectivity index is 3.56. The molecule has 0 aromatic rings. The van der Waals surface area contributed by atoms with Crippen LogP contribution in [0.5, 0.6) is 0 Å². The lowest BCUT2D eigenvalue weighted by atomic mass is 10.1. The summed E-state index contributed by atoms with van der Waals surface area (Å²) >= 11 is 0. The number of hydrogen-bond donors (Lipinski definition) is 0. The fourth-order valence-electron chi connectivity index (χ4n) is 1.24. The fourth-order valence-corrected chi connectivity index (χ4v) is 1.24. The zero-order valence-corrected chi connectivity index (χ0v) is 9.31. The Bertz CT molecular complexity index is 242. The minimum absolute atomic E-state index is 0.807. The van der Waals surface area contributed by atoms with Gasteiger partial charge < -0.3 is 0 Å². The van der Waals surface area contributed by atoms with Crippen LogP contribution in [-0.2, 0) is 4.79 Å². The van der Waals surface area contributed by atoms with E-state index in [2.05, 4.69) is 26.5 Å². The molecule has 0 aromatic heterocycles. The first-order chi connectivity index (χ1) is 6.66. The molecular weight excluding hydrogens is 172 g/mol. The van der Waals surface area contributed by atoms with Crippen LogP contribution in [0.1, 0.15) is 46.0 Å². The van der Waals surface area contributed by atoms with Crippen LogP contribution in [-0.4, -0.2) is 5.94 Å². The van der Waals surface area contributed by atoms with E-state index in [1.54, 1.807) is 5.94 Å². The van der Waals surface area contributed by atoms with Crippen LogP contribution in [0.15, 0.2) is 29.9 Å². The van der Waals surface area contributed by atoms with Crippen LogP contribution in [0, 0.1) is 0 Å². The van der Waals surface area contributed by atoms with E-state index in [0.29, 0.717) is 0 Å². The van der Waals surface area contributed by atoms with Gasteiger partial charge in [0, 0.05) is 6.08 Å². The molecule has 0 spiro atoms. The smallest absolute Gasteiger partial charge is 0.120 e. The van der Waals surface area contributed by atoms with Gasteiger partial charge in [-0.3, -0.25) is 0 Å². The van der Waals surface area contributed by atoms with E-state index in [1.165, 1.54) is 23.6 Å². The summed E-state index contributed by atoms with van der Waals surface area (Å²) in [5.41, 5.74) is 2.66. The highest BCUT2D eigenvalue weighted by molar-refractivity contribution is 5.44. The molecule has 0 aliphatic carbocycles. The van der Waals surface area contributed by atoms with Crippen LogP contribution in [0.3, 0.4) is 0 Å². The zero-order chi connectivity index (χ0) is 10.8. The molecule has 0 atom stereocenters. The average molecular weight is 192 g/mol. The van der Waals surface area contributed by atoms with Gasteiger partial charge in [-0.1, -0.05) is 17.2 Å². The Kier molecular flexibility index (Phi) is 7.87. The lowest BCUT2D eigenvalue weighted by Crippen LogP contribution is -1.81. The molecule has 1 nitrogen and oxygen atoms in total. The predicted molar refractivity (Wildman–Crippen MR) is 61.9 cm³/mol. The van der Waals surface area contributed by atoms with Crippen molar-refractivity contribution in [3.8, 4) is 0 Å². The van der Waals surface area contributed by atoms with Gasteiger partial charge in [-0.25, -0.2) is 4.79 Å². The third-order valence-electron chi connectivity index (χ3n) is 2.06. The van der Waals surface area contributed by atoms with Crippen molar-refractivity contribution in [2.45, 2.75) is 46.0 Å². The van der Waals surface area contributed by atoms with Gasteiger partial charge >= 0.3 is 0 Å². The highest BCUT2D eigenvalue weighted by atomic mass is 16.1. The Hall–Kier alpha value is -1.07. The van der Waals surface area contributed by atoms with E-state index in [1.807, 2.05) is 0 Å². The first-order valence-corrected chi connectivity index (χ1v) is 5.16. The van der Waals surface area contributed by atoms with E-state index in [0.717, 1.165) is 25.7 Å². The summed E-state index contributed by atoms with van der Waals surface area (Å²) in [5.74, 6) is 1.78.